The molecule has 0 unspecified atom stereocenters. The molecule has 1 heterocycles. The molecule has 0 bridgehead atoms. The Bertz CT molecular complexity index is 593. The SMILES string of the molecule is CS(=O)(=O)c1cccc(OCC(=O)N2CCCNCC2)c1. The molecule has 1 aromatic carbocycles. The second-order valence-electron chi connectivity index (χ2n) is 5.02. The van der Waals surface area contributed by atoms with E-state index >= 15 is 0 Å². The zero-order chi connectivity index (χ0) is 15.3. The predicted molar refractivity (Wildman–Crippen MR) is 79.1 cm³/mol. The number of carbonyl (C=O) groups excluding carboxylic acids is 1. The molecule has 1 aromatic rings. The van der Waals surface area contributed by atoms with E-state index in [0.29, 0.717) is 12.3 Å². The van der Waals surface area contributed by atoms with E-state index in [1.807, 2.05) is 0 Å². The lowest BCUT2D eigenvalue weighted by Gasteiger charge is -2.20. The van der Waals surface area contributed by atoms with E-state index in [-0.39, 0.29) is 17.4 Å². The van der Waals surface area contributed by atoms with E-state index in [1.165, 1.54) is 12.1 Å². The van der Waals surface area contributed by atoms with Gasteiger partial charge in [0.1, 0.15) is 5.75 Å². The van der Waals surface area contributed by atoms with Crippen LogP contribution in [0.25, 0.3) is 0 Å². The van der Waals surface area contributed by atoms with Gasteiger partial charge in [-0.15, -0.1) is 0 Å². The predicted octanol–water partition coefficient (Wildman–Crippen LogP) is 0.291. The first kappa shape index (κ1) is 15.8. The van der Waals surface area contributed by atoms with Crippen LogP contribution in [0.3, 0.4) is 0 Å². The molecular formula is C14H20N2O4S. The van der Waals surface area contributed by atoms with Crippen LogP contribution in [0.5, 0.6) is 5.75 Å². The van der Waals surface area contributed by atoms with Gasteiger partial charge in [0.15, 0.2) is 16.4 Å². The molecule has 1 N–H and O–H groups in total. The first-order valence-corrected chi connectivity index (χ1v) is 8.77. The lowest BCUT2D eigenvalue weighted by Crippen LogP contribution is -2.37. The first-order valence-electron chi connectivity index (χ1n) is 6.88. The molecule has 7 heteroatoms. The molecule has 0 aromatic heterocycles. The summed E-state index contributed by atoms with van der Waals surface area (Å²) < 4.78 is 28.4. The van der Waals surface area contributed by atoms with Crippen molar-refractivity contribution in [1.29, 1.82) is 0 Å². The summed E-state index contributed by atoms with van der Waals surface area (Å²) in [5, 5.41) is 3.23. The molecule has 0 radical (unpaired) electrons. The number of hydrogen-bond acceptors (Lipinski definition) is 5. The lowest BCUT2D eigenvalue weighted by atomic mass is 10.3. The van der Waals surface area contributed by atoms with Gasteiger partial charge in [-0.3, -0.25) is 4.79 Å². The van der Waals surface area contributed by atoms with Crippen LogP contribution in [0, 0.1) is 0 Å². The number of rotatable bonds is 4. The maximum atomic E-state index is 12.1. The van der Waals surface area contributed by atoms with E-state index < -0.39 is 9.84 Å². The maximum absolute atomic E-state index is 12.1. The highest BCUT2D eigenvalue weighted by atomic mass is 32.2. The van der Waals surface area contributed by atoms with Crippen molar-refractivity contribution < 1.29 is 17.9 Å². The highest BCUT2D eigenvalue weighted by Crippen LogP contribution is 2.17. The van der Waals surface area contributed by atoms with Crippen LogP contribution in [0.1, 0.15) is 6.42 Å². The lowest BCUT2D eigenvalue weighted by molar-refractivity contribution is -0.133. The Kier molecular flexibility index (Phi) is 5.19. The molecule has 21 heavy (non-hydrogen) atoms. The molecule has 0 spiro atoms. The summed E-state index contributed by atoms with van der Waals surface area (Å²) in [6.45, 7) is 3.02. The summed E-state index contributed by atoms with van der Waals surface area (Å²) >= 11 is 0. The number of benzene rings is 1. The maximum Gasteiger partial charge on any atom is 0.260 e. The highest BCUT2D eigenvalue weighted by molar-refractivity contribution is 7.90. The summed E-state index contributed by atoms with van der Waals surface area (Å²) in [7, 11) is -3.27. The number of amides is 1. The Labute approximate surface area is 125 Å². The molecule has 1 saturated heterocycles. The average molecular weight is 312 g/mol. The van der Waals surface area contributed by atoms with Crippen LogP contribution in [0.2, 0.25) is 0 Å². The van der Waals surface area contributed by atoms with Gasteiger partial charge in [-0.05, 0) is 31.2 Å². The van der Waals surface area contributed by atoms with Crippen LogP contribution in [-0.4, -0.2) is 58.3 Å². The molecule has 1 amide bonds. The van der Waals surface area contributed by atoms with Gasteiger partial charge in [0, 0.05) is 25.9 Å². The highest BCUT2D eigenvalue weighted by Gasteiger charge is 2.16. The third-order valence-corrected chi connectivity index (χ3v) is 4.40. The minimum absolute atomic E-state index is 0.0762. The molecule has 2 rings (SSSR count). The van der Waals surface area contributed by atoms with Gasteiger partial charge in [-0.25, -0.2) is 8.42 Å². The van der Waals surface area contributed by atoms with Gasteiger partial charge in [0.25, 0.3) is 5.91 Å². The number of sulfone groups is 1. The number of carbonyl (C=O) groups is 1. The van der Waals surface area contributed by atoms with E-state index in [2.05, 4.69) is 5.32 Å². The van der Waals surface area contributed by atoms with Gasteiger partial charge in [-0.1, -0.05) is 6.07 Å². The average Bonchev–Trinajstić information content (AvgIpc) is 2.73. The molecule has 1 aliphatic rings. The number of hydrogen-bond donors (Lipinski definition) is 1. The third kappa shape index (κ3) is 4.71. The van der Waals surface area contributed by atoms with Crippen LogP contribution in [-0.2, 0) is 14.6 Å². The fourth-order valence-electron chi connectivity index (χ4n) is 2.13. The normalized spacial score (nSPS) is 16.3. The molecule has 0 aliphatic carbocycles. The summed E-state index contributed by atoms with van der Waals surface area (Å²) in [6.07, 6.45) is 2.07. The van der Waals surface area contributed by atoms with Crippen molar-refractivity contribution >= 4 is 15.7 Å². The van der Waals surface area contributed by atoms with Crippen molar-refractivity contribution in [2.24, 2.45) is 0 Å². The van der Waals surface area contributed by atoms with Gasteiger partial charge in [0.05, 0.1) is 4.90 Å². The number of ether oxygens (including phenoxy) is 1. The molecule has 0 saturated carbocycles. The third-order valence-electron chi connectivity index (χ3n) is 3.29. The second kappa shape index (κ2) is 6.91. The number of nitrogens with zero attached hydrogens (tertiary/aromatic N) is 1. The quantitative estimate of drug-likeness (QED) is 0.865. The molecule has 1 aliphatic heterocycles. The summed E-state index contributed by atoms with van der Waals surface area (Å²) in [4.78, 5) is 14.0. The van der Waals surface area contributed by atoms with Gasteiger partial charge in [-0.2, -0.15) is 0 Å². The topological polar surface area (TPSA) is 75.7 Å². The number of nitrogens with one attached hydrogen (secondary N) is 1. The van der Waals surface area contributed by atoms with Crippen molar-refractivity contribution in [3.63, 3.8) is 0 Å². The Hall–Kier alpha value is -1.60. The zero-order valence-corrected chi connectivity index (χ0v) is 12.9. The molecule has 6 nitrogen and oxygen atoms in total. The monoisotopic (exact) mass is 312 g/mol. The van der Waals surface area contributed by atoms with Crippen molar-refractivity contribution in [1.82, 2.24) is 10.2 Å². The van der Waals surface area contributed by atoms with Crippen molar-refractivity contribution in [3.05, 3.63) is 24.3 Å². The Morgan fingerprint density at radius 1 is 1.33 bits per heavy atom. The Morgan fingerprint density at radius 3 is 2.90 bits per heavy atom. The first-order chi connectivity index (χ1) is 9.97. The summed E-state index contributed by atoms with van der Waals surface area (Å²) in [5.41, 5.74) is 0. The van der Waals surface area contributed by atoms with Gasteiger partial charge >= 0.3 is 0 Å². The van der Waals surface area contributed by atoms with Crippen LogP contribution >= 0.6 is 0 Å². The van der Waals surface area contributed by atoms with Crippen molar-refractivity contribution in [2.75, 3.05) is 39.0 Å². The van der Waals surface area contributed by atoms with Crippen molar-refractivity contribution in [2.45, 2.75) is 11.3 Å². The molecular weight excluding hydrogens is 292 g/mol. The van der Waals surface area contributed by atoms with Gasteiger partial charge in [0.2, 0.25) is 0 Å². The minimum Gasteiger partial charge on any atom is -0.484 e. The molecule has 116 valence electrons. The minimum atomic E-state index is -3.27. The second-order valence-corrected chi connectivity index (χ2v) is 7.04. The fraction of sp³-hybridized carbons (Fsp3) is 0.500. The van der Waals surface area contributed by atoms with E-state index in [4.69, 9.17) is 4.74 Å². The Balaban J connectivity index is 1.94. The molecule has 0 atom stereocenters. The standard InChI is InChI=1S/C14H20N2O4S/c1-21(18,19)13-5-2-4-12(10-13)20-11-14(17)16-8-3-6-15-7-9-16/h2,4-5,10,15H,3,6-9,11H2,1H3. The molecule has 1 fully saturated rings. The van der Waals surface area contributed by atoms with Gasteiger partial charge < -0.3 is 15.0 Å². The van der Waals surface area contributed by atoms with Crippen LogP contribution < -0.4 is 10.1 Å². The van der Waals surface area contributed by atoms with E-state index in [1.54, 1.807) is 17.0 Å². The summed E-state index contributed by atoms with van der Waals surface area (Å²) in [5.74, 6) is 0.308. The van der Waals surface area contributed by atoms with E-state index in [9.17, 15) is 13.2 Å². The van der Waals surface area contributed by atoms with Crippen molar-refractivity contribution in [3.8, 4) is 5.75 Å². The summed E-state index contributed by atoms with van der Waals surface area (Å²) in [6, 6.07) is 6.19. The smallest absolute Gasteiger partial charge is 0.260 e. The Morgan fingerprint density at radius 2 is 2.14 bits per heavy atom. The largest absolute Gasteiger partial charge is 0.484 e. The van der Waals surface area contributed by atoms with E-state index in [0.717, 1.165) is 32.3 Å². The van der Waals surface area contributed by atoms with Crippen LogP contribution in [0.4, 0.5) is 0 Å². The zero-order valence-electron chi connectivity index (χ0n) is 12.0. The van der Waals surface area contributed by atoms with Crippen LogP contribution in [0.15, 0.2) is 29.2 Å². The fourth-order valence-corrected chi connectivity index (χ4v) is 2.78.